The fourth-order valence-corrected chi connectivity index (χ4v) is 4.89. The van der Waals surface area contributed by atoms with Gasteiger partial charge in [0.2, 0.25) is 0 Å². The van der Waals surface area contributed by atoms with Gasteiger partial charge in [0.25, 0.3) is 5.91 Å². The molecule has 1 unspecified atom stereocenters. The molecule has 3 aromatic heterocycles. The van der Waals surface area contributed by atoms with Crippen LogP contribution >= 0.6 is 34.7 Å². The minimum atomic E-state index is -0.232. The quantitative estimate of drug-likeness (QED) is 0.423. The van der Waals surface area contributed by atoms with E-state index in [1.54, 1.807) is 28.7 Å². The molecule has 0 fully saturated rings. The number of fused-ring (bicyclic) bond motifs is 1. The largest absolute Gasteiger partial charge is 0.467 e. The molecule has 9 heteroatoms. The van der Waals surface area contributed by atoms with E-state index in [0.717, 1.165) is 27.4 Å². The maximum Gasteiger partial charge on any atom is 0.253 e. The van der Waals surface area contributed by atoms with Crippen molar-refractivity contribution in [2.24, 2.45) is 5.10 Å². The summed E-state index contributed by atoms with van der Waals surface area (Å²) in [6.45, 7) is 0. The third-order valence-corrected chi connectivity index (χ3v) is 6.61. The molecular weight excluding hydrogens is 428 g/mol. The van der Waals surface area contributed by atoms with Crippen LogP contribution in [0.5, 0.6) is 0 Å². The number of hydrogen-bond acceptors (Lipinski definition) is 6. The molecule has 0 saturated carbocycles. The number of aromatic nitrogens is 2. The number of rotatable bonds is 5. The molecule has 5 rings (SSSR count). The molecule has 4 heterocycles. The Morgan fingerprint density at radius 3 is 3.07 bits per heavy atom. The Labute approximate surface area is 179 Å². The van der Waals surface area contributed by atoms with Crippen LogP contribution in [0.25, 0.3) is 11.0 Å². The molecule has 1 N–H and O–H groups in total. The van der Waals surface area contributed by atoms with E-state index in [1.807, 2.05) is 41.8 Å². The van der Waals surface area contributed by atoms with Gasteiger partial charge in [-0.2, -0.15) is 5.10 Å². The van der Waals surface area contributed by atoms with Gasteiger partial charge < -0.3 is 9.40 Å². The van der Waals surface area contributed by atoms with Crippen LogP contribution in [-0.2, 0) is 4.79 Å². The van der Waals surface area contributed by atoms with Crippen LogP contribution in [0.1, 0.15) is 23.1 Å². The number of hydrogen-bond donors (Lipinski definition) is 1. The summed E-state index contributed by atoms with van der Waals surface area (Å²) in [4.78, 5) is 21.8. The van der Waals surface area contributed by atoms with E-state index in [1.165, 1.54) is 11.8 Å². The second kappa shape index (κ2) is 7.70. The molecule has 0 saturated heterocycles. The van der Waals surface area contributed by atoms with Crippen molar-refractivity contribution < 1.29 is 9.21 Å². The van der Waals surface area contributed by atoms with Gasteiger partial charge in [-0.25, -0.2) is 9.99 Å². The molecule has 1 aliphatic rings. The average molecular weight is 443 g/mol. The van der Waals surface area contributed by atoms with Crippen molar-refractivity contribution >= 4 is 57.4 Å². The van der Waals surface area contributed by atoms with Crippen LogP contribution in [0.3, 0.4) is 0 Å². The highest BCUT2D eigenvalue weighted by Crippen LogP contribution is 2.34. The fraction of sp³-hybridized carbons (Fsp3) is 0.150. The maximum absolute atomic E-state index is 13.0. The van der Waals surface area contributed by atoms with E-state index in [4.69, 9.17) is 16.0 Å². The topological polar surface area (TPSA) is 74.5 Å². The summed E-state index contributed by atoms with van der Waals surface area (Å²) in [6.07, 6.45) is 2.25. The van der Waals surface area contributed by atoms with Crippen LogP contribution in [0, 0.1) is 0 Å². The second-order valence-corrected chi connectivity index (χ2v) is 8.84. The van der Waals surface area contributed by atoms with E-state index < -0.39 is 0 Å². The van der Waals surface area contributed by atoms with Crippen molar-refractivity contribution in [3.05, 3.63) is 69.8 Å². The van der Waals surface area contributed by atoms with Crippen LogP contribution in [0.15, 0.2) is 68.8 Å². The van der Waals surface area contributed by atoms with E-state index in [9.17, 15) is 4.79 Å². The minimum Gasteiger partial charge on any atom is -0.467 e. The highest BCUT2D eigenvalue weighted by molar-refractivity contribution is 7.99. The Hall–Kier alpha value is -2.55. The Morgan fingerprint density at radius 2 is 2.28 bits per heavy atom. The van der Waals surface area contributed by atoms with E-state index in [0.29, 0.717) is 16.6 Å². The predicted octanol–water partition coefficient (Wildman–Crippen LogP) is 5.34. The highest BCUT2D eigenvalue weighted by atomic mass is 35.5. The van der Waals surface area contributed by atoms with Gasteiger partial charge in [-0.1, -0.05) is 29.4 Å². The van der Waals surface area contributed by atoms with Crippen LogP contribution in [0.4, 0.5) is 0 Å². The Morgan fingerprint density at radius 1 is 1.34 bits per heavy atom. The zero-order valence-corrected chi connectivity index (χ0v) is 17.4. The van der Waals surface area contributed by atoms with Gasteiger partial charge in [0.1, 0.15) is 11.8 Å². The number of H-pyrrole nitrogens is 1. The number of thiophene rings is 1. The molecule has 1 aromatic carbocycles. The van der Waals surface area contributed by atoms with Gasteiger partial charge >= 0.3 is 0 Å². The lowest BCUT2D eigenvalue weighted by Gasteiger charge is -2.19. The van der Waals surface area contributed by atoms with Gasteiger partial charge in [-0.05, 0) is 41.8 Å². The SMILES string of the molecule is O=C(CSc1nc2ccc(Cl)cc2[nH]1)N1N=C(c2cccs2)CC1c1ccco1. The van der Waals surface area contributed by atoms with Gasteiger partial charge in [0, 0.05) is 11.4 Å². The van der Waals surface area contributed by atoms with Gasteiger partial charge in [0.05, 0.1) is 33.6 Å². The molecule has 0 aliphatic carbocycles. The number of benzene rings is 1. The van der Waals surface area contributed by atoms with Crippen LogP contribution in [-0.4, -0.2) is 32.3 Å². The van der Waals surface area contributed by atoms with Crippen molar-refractivity contribution in [1.82, 2.24) is 15.0 Å². The number of carbonyl (C=O) groups excluding carboxylic acids is 1. The third-order valence-electron chi connectivity index (χ3n) is 4.60. The lowest BCUT2D eigenvalue weighted by molar-refractivity contribution is -0.130. The first-order chi connectivity index (χ1) is 14.2. The minimum absolute atomic E-state index is 0.0959. The summed E-state index contributed by atoms with van der Waals surface area (Å²) < 4.78 is 5.58. The molecule has 29 heavy (non-hydrogen) atoms. The monoisotopic (exact) mass is 442 g/mol. The summed E-state index contributed by atoms with van der Waals surface area (Å²) in [5.74, 6) is 0.852. The lowest BCUT2D eigenvalue weighted by atomic mass is 10.1. The number of carbonyl (C=O) groups is 1. The number of amides is 1. The van der Waals surface area contributed by atoms with E-state index in [-0.39, 0.29) is 17.7 Å². The van der Waals surface area contributed by atoms with Crippen LogP contribution in [0.2, 0.25) is 5.02 Å². The summed E-state index contributed by atoms with van der Waals surface area (Å²) in [5.41, 5.74) is 2.57. The first-order valence-electron chi connectivity index (χ1n) is 8.92. The van der Waals surface area contributed by atoms with Crippen molar-refractivity contribution in [2.75, 3.05) is 5.75 Å². The summed E-state index contributed by atoms with van der Waals surface area (Å²) in [7, 11) is 0. The molecule has 0 radical (unpaired) electrons. The van der Waals surface area contributed by atoms with E-state index in [2.05, 4.69) is 15.1 Å². The lowest BCUT2D eigenvalue weighted by Crippen LogP contribution is -2.28. The standard InChI is InChI=1S/C20H15ClN4O2S2/c21-12-5-6-13-14(9-12)23-20(22-13)29-11-19(26)25-16(17-3-1-7-27-17)10-15(24-25)18-4-2-8-28-18/h1-9,16H,10-11H2,(H,22,23). The molecule has 0 spiro atoms. The first-order valence-corrected chi connectivity index (χ1v) is 11.2. The Balaban J connectivity index is 1.35. The number of imidazole rings is 1. The van der Waals surface area contributed by atoms with Crippen LogP contribution < -0.4 is 0 Å². The van der Waals surface area contributed by atoms with Crippen molar-refractivity contribution in [2.45, 2.75) is 17.6 Å². The number of furan rings is 1. The van der Waals surface area contributed by atoms with Gasteiger partial charge in [0.15, 0.2) is 5.16 Å². The number of thioether (sulfide) groups is 1. The van der Waals surface area contributed by atoms with Crippen molar-refractivity contribution in [1.29, 1.82) is 0 Å². The molecule has 0 bridgehead atoms. The number of aromatic amines is 1. The number of nitrogens with one attached hydrogen (secondary N) is 1. The van der Waals surface area contributed by atoms with E-state index >= 15 is 0 Å². The predicted molar refractivity (Wildman–Crippen MR) is 116 cm³/mol. The Bertz CT molecular complexity index is 1180. The molecule has 146 valence electrons. The first kappa shape index (κ1) is 18.5. The fourth-order valence-electron chi connectivity index (χ4n) is 3.26. The summed E-state index contributed by atoms with van der Waals surface area (Å²) >= 11 is 8.99. The zero-order chi connectivity index (χ0) is 19.8. The zero-order valence-electron chi connectivity index (χ0n) is 15.0. The second-order valence-electron chi connectivity index (χ2n) is 6.49. The summed E-state index contributed by atoms with van der Waals surface area (Å²) in [5, 5.41) is 9.49. The number of nitrogens with zero attached hydrogens (tertiary/aromatic N) is 3. The molecule has 1 aliphatic heterocycles. The molecule has 6 nitrogen and oxygen atoms in total. The van der Waals surface area contributed by atoms with Crippen molar-refractivity contribution in [3.8, 4) is 0 Å². The van der Waals surface area contributed by atoms with Gasteiger partial charge in [-0.15, -0.1) is 11.3 Å². The molecule has 1 atom stereocenters. The average Bonchev–Trinajstić information content (AvgIpc) is 3.51. The number of hydrazone groups is 1. The highest BCUT2D eigenvalue weighted by Gasteiger charge is 2.35. The summed E-state index contributed by atoms with van der Waals surface area (Å²) in [6, 6.07) is 13.0. The Kier molecular flexibility index (Phi) is 4.91. The van der Waals surface area contributed by atoms with Gasteiger partial charge in [-0.3, -0.25) is 4.79 Å². The van der Waals surface area contributed by atoms with Crippen molar-refractivity contribution in [3.63, 3.8) is 0 Å². The maximum atomic E-state index is 13.0. The number of halogens is 1. The molecule has 1 amide bonds. The normalized spacial score (nSPS) is 16.5. The molecule has 4 aromatic rings. The molecular formula is C20H15ClN4O2S2. The smallest absolute Gasteiger partial charge is 0.253 e. The third kappa shape index (κ3) is 3.71.